The van der Waals surface area contributed by atoms with Gasteiger partial charge in [-0.05, 0) is 26.8 Å². The van der Waals surface area contributed by atoms with Gasteiger partial charge in [0.25, 0.3) is 0 Å². The molecule has 0 aromatic carbocycles. The molecule has 154 valence electrons. The van der Waals surface area contributed by atoms with E-state index in [1.165, 1.54) is 0 Å². The Bertz CT molecular complexity index is 627. The van der Waals surface area contributed by atoms with Crippen molar-refractivity contribution in [3.05, 3.63) is 12.4 Å². The van der Waals surface area contributed by atoms with Gasteiger partial charge in [0.2, 0.25) is 5.95 Å². The van der Waals surface area contributed by atoms with Crippen molar-refractivity contribution < 1.29 is 18.7 Å². The smallest absolute Gasteiger partial charge is 0.408 e. The summed E-state index contributed by atoms with van der Waals surface area (Å²) in [6.45, 7) is 13.9. The zero-order chi connectivity index (χ0) is 20.2. The molecular formula is C18H33FN4O3Si. The van der Waals surface area contributed by atoms with Crippen LogP contribution in [0.2, 0.25) is 25.7 Å². The number of imidazole rings is 1. The van der Waals surface area contributed by atoms with E-state index in [-0.39, 0.29) is 6.54 Å². The number of rotatable bonds is 7. The van der Waals surface area contributed by atoms with Gasteiger partial charge >= 0.3 is 6.09 Å². The average molecular weight is 401 g/mol. The third-order valence-electron chi connectivity index (χ3n) is 4.15. The summed E-state index contributed by atoms with van der Waals surface area (Å²) in [6, 6.07) is 0.465. The molecule has 0 radical (unpaired) electrons. The van der Waals surface area contributed by atoms with E-state index < -0.39 is 32.0 Å². The molecule has 7 nitrogen and oxygen atoms in total. The van der Waals surface area contributed by atoms with Gasteiger partial charge in [-0.1, -0.05) is 19.6 Å². The number of aromatic nitrogens is 2. The molecule has 1 aromatic heterocycles. The number of nitrogens with zero attached hydrogens (tertiary/aromatic N) is 3. The Balaban J connectivity index is 1.89. The molecule has 1 saturated heterocycles. The fourth-order valence-corrected chi connectivity index (χ4v) is 3.51. The molecule has 1 aliphatic heterocycles. The molecule has 0 saturated carbocycles. The molecule has 0 spiro atoms. The number of hydrogen-bond donors (Lipinski definition) is 1. The number of hydrogen-bond acceptors (Lipinski definition) is 5. The van der Waals surface area contributed by atoms with E-state index in [4.69, 9.17) is 9.47 Å². The number of anilines is 1. The van der Waals surface area contributed by atoms with E-state index in [9.17, 15) is 9.18 Å². The lowest BCUT2D eigenvalue weighted by atomic mass is 10.2. The Hall–Kier alpha value is -1.61. The predicted octanol–water partition coefficient (Wildman–Crippen LogP) is 3.25. The molecule has 1 aromatic rings. The number of carbonyl (C=O) groups is 1. The lowest BCUT2D eigenvalue weighted by Crippen LogP contribution is -2.44. The second-order valence-corrected chi connectivity index (χ2v) is 14.8. The topological polar surface area (TPSA) is 68.6 Å². The number of halogens is 1. The van der Waals surface area contributed by atoms with Crippen LogP contribution < -0.4 is 10.2 Å². The zero-order valence-corrected chi connectivity index (χ0v) is 18.3. The first kappa shape index (κ1) is 21.7. The van der Waals surface area contributed by atoms with E-state index in [1.54, 1.807) is 27.0 Å². The van der Waals surface area contributed by atoms with Crippen LogP contribution in [0.1, 0.15) is 20.8 Å². The highest BCUT2D eigenvalue weighted by atomic mass is 28.3. The highest BCUT2D eigenvalue weighted by molar-refractivity contribution is 6.76. The van der Waals surface area contributed by atoms with Crippen LogP contribution in [0.4, 0.5) is 15.1 Å². The predicted molar refractivity (Wildman–Crippen MR) is 107 cm³/mol. The van der Waals surface area contributed by atoms with Crippen molar-refractivity contribution in [3.8, 4) is 0 Å². The van der Waals surface area contributed by atoms with Gasteiger partial charge in [-0.15, -0.1) is 0 Å². The molecule has 0 bridgehead atoms. The maximum absolute atomic E-state index is 14.4. The van der Waals surface area contributed by atoms with E-state index in [1.807, 2.05) is 15.7 Å². The van der Waals surface area contributed by atoms with Crippen LogP contribution in [-0.4, -0.2) is 61.2 Å². The van der Waals surface area contributed by atoms with Crippen molar-refractivity contribution in [3.63, 3.8) is 0 Å². The molecule has 0 aliphatic carbocycles. The number of alkyl halides is 1. The maximum atomic E-state index is 14.4. The van der Waals surface area contributed by atoms with E-state index in [0.717, 1.165) is 6.04 Å². The summed E-state index contributed by atoms with van der Waals surface area (Å²) >= 11 is 0. The molecule has 27 heavy (non-hydrogen) atoms. The van der Waals surface area contributed by atoms with Gasteiger partial charge in [-0.3, -0.25) is 4.57 Å². The summed E-state index contributed by atoms with van der Waals surface area (Å²) in [7, 11) is -1.13. The van der Waals surface area contributed by atoms with Crippen LogP contribution in [0.3, 0.4) is 0 Å². The monoisotopic (exact) mass is 400 g/mol. The van der Waals surface area contributed by atoms with Crippen molar-refractivity contribution in [1.82, 2.24) is 14.9 Å². The van der Waals surface area contributed by atoms with E-state index in [0.29, 0.717) is 25.8 Å². The number of amides is 1. The highest BCUT2D eigenvalue weighted by Gasteiger charge is 2.36. The number of ether oxygens (including phenoxy) is 2. The summed E-state index contributed by atoms with van der Waals surface area (Å²) in [4.78, 5) is 18.1. The Kier molecular flexibility index (Phi) is 6.91. The third kappa shape index (κ3) is 7.14. The molecule has 2 atom stereocenters. The van der Waals surface area contributed by atoms with Crippen molar-refractivity contribution in [2.24, 2.45) is 0 Å². The van der Waals surface area contributed by atoms with Gasteiger partial charge in [0.05, 0.1) is 12.6 Å². The number of nitrogens with one attached hydrogen (secondary N) is 1. The first-order valence-electron chi connectivity index (χ1n) is 9.42. The minimum Gasteiger partial charge on any atom is -0.444 e. The molecule has 2 heterocycles. The summed E-state index contributed by atoms with van der Waals surface area (Å²) in [5, 5.41) is 2.62. The van der Waals surface area contributed by atoms with Gasteiger partial charge in [0.15, 0.2) is 0 Å². The van der Waals surface area contributed by atoms with Gasteiger partial charge in [0.1, 0.15) is 18.5 Å². The van der Waals surface area contributed by atoms with Crippen LogP contribution in [-0.2, 0) is 16.2 Å². The standard InChI is InChI=1S/C18H33FN4O3Si/c1-18(2,3)26-17(24)21-15-12-23(11-14(15)19)16-20-7-8-22(16)13-25-9-10-27(4,5)6/h7-8,14-15H,9-13H2,1-6H3,(H,21,24)/t14-,15-/m0/s1. The molecule has 1 N–H and O–H groups in total. The largest absolute Gasteiger partial charge is 0.444 e. The van der Waals surface area contributed by atoms with Gasteiger partial charge in [0, 0.05) is 33.6 Å². The van der Waals surface area contributed by atoms with Crippen LogP contribution in [0, 0.1) is 0 Å². The minimum atomic E-state index is -1.18. The quantitative estimate of drug-likeness (QED) is 0.562. The van der Waals surface area contributed by atoms with Crippen LogP contribution in [0.15, 0.2) is 12.4 Å². The summed E-state index contributed by atoms with van der Waals surface area (Å²) < 4.78 is 27.3. The Morgan fingerprint density at radius 1 is 1.37 bits per heavy atom. The summed E-state index contributed by atoms with van der Waals surface area (Å²) in [5.74, 6) is 0.652. The molecule has 0 unspecified atom stereocenters. The van der Waals surface area contributed by atoms with Gasteiger partial charge in [-0.25, -0.2) is 14.2 Å². The lowest BCUT2D eigenvalue weighted by Gasteiger charge is -2.22. The van der Waals surface area contributed by atoms with Crippen molar-refractivity contribution in [1.29, 1.82) is 0 Å². The minimum absolute atomic E-state index is 0.173. The molecule has 1 aliphatic rings. The Morgan fingerprint density at radius 2 is 2.07 bits per heavy atom. The highest BCUT2D eigenvalue weighted by Crippen LogP contribution is 2.21. The molecule has 1 fully saturated rings. The second kappa shape index (κ2) is 8.60. The van der Waals surface area contributed by atoms with Crippen molar-refractivity contribution >= 4 is 20.1 Å². The third-order valence-corrected chi connectivity index (χ3v) is 5.86. The number of alkyl carbamates (subject to hydrolysis) is 1. The summed E-state index contributed by atoms with van der Waals surface area (Å²) in [5.41, 5.74) is -0.613. The van der Waals surface area contributed by atoms with Crippen LogP contribution in [0.5, 0.6) is 0 Å². The molecule has 9 heteroatoms. The maximum Gasteiger partial charge on any atom is 0.408 e. The SMILES string of the molecule is CC(C)(C)OC(=O)N[C@H]1CN(c2nccn2COCC[Si](C)(C)C)C[C@@H]1F. The normalized spacial score (nSPS) is 20.8. The molecule has 1 amide bonds. The first-order valence-corrected chi connectivity index (χ1v) is 13.1. The van der Waals surface area contributed by atoms with E-state index in [2.05, 4.69) is 29.9 Å². The number of carbonyl (C=O) groups excluding carboxylic acids is 1. The van der Waals surface area contributed by atoms with Crippen molar-refractivity contribution in [2.75, 3.05) is 24.6 Å². The second-order valence-electron chi connectivity index (χ2n) is 9.22. The van der Waals surface area contributed by atoms with E-state index >= 15 is 0 Å². The van der Waals surface area contributed by atoms with Crippen LogP contribution in [0.25, 0.3) is 0 Å². The fourth-order valence-electron chi connectivity index (χ4n) is 2.75. The fraction of sp³-hybridized carbons (Fsp3) is 0.778. The van der Waals surface area contributed by atoms with Gasteiger partial charge in [-0.2, -0.15) is 0 Å². The Morgan fingerprint density at radius 3 is 2.70 bits per heavy atom. The molecular weight excluding hydrogens is 367 g/mol. The summed E-state index contributed by atoms with van der Waals surface area (Å²) in [6.07, 6.45) is 1.72. The first-order chi connectivity index (χ1) is 12.4. The van der Waals surface area contributed by atoms with Crippen LogP contribution >= 0.6 is 0 Å². The van der Waals surface area contributed by atoms with Crippen molar-refractivity contribution in [2.45, 2.75) is 71.0 Å². The average Bonchev–Trinajstić information content (AvgIpc) is 3.08. The Labute approximate surface area is 162 Å². The lowest BCUT2D eigenvalue weighted by molar-refractivity contribution is 0.0490. The zero-order valence-electron chi connectivity index (χ0n) is 17.3. The molecule has 2 rings (SSSR count). The van der Waals surface area contributed by atoms with Gasteiger partial charge < -0.3 is 19.7 Å².